The van der Waals surface area contributed by atoms with Crippen molar-refractivity contribution in [2.24, 2.45) is 0 Å². The highest BCUT2D eigenvalue weighted by molar-refractivity contribution is 5.35. The van der Waals surface area contributed by atoms with Crippen molar-refractivity contribution in [1.82, 2.24) is 4.98 Å². The summed E-state index contributed by atoms with van der Waals surface area (Å²) in [6.45, 7) is 0.0846. The van der Waals surface area contributed by atoms with Crippen LogP contribution in [0.1, 0.15) is 5.56 Å². The molecule has 2 aromatic carbocycles. The maximum atomic E-state index is 13.1. The van der Waals surface area contributed by atoms with Crippen LogP contribution >= 0.6 is 0 Å². The molecule has 8 heteroatoms. The Bertz CT molecular complexity index is 915. The molecule has 132 valence electrons. The molecular formula is C18H12F2N2O4. The van der Waals surface area contributed by atoms with E-state index in [1.165, 1.54) is 18.2 Å². The van der Waals surface area contributed by atoms with Crippen molar-refractivity contribution < 1.29 is 23.2 Å². The third-order valence-corrected chi connectivity index (χ3v) is 3.37. The Kier molecular flexibility index (Phi) is 5.02. The number of nitrogens with zero attached hydrogens (tertiary/aromatic N) is 2. The second kappa shape index (κ2) is 7.56. The van der Waals surface area contributed by atoms with Crippen LogP contribution in [-0.4, -0.2) is 9.91 Å². The van der Waals surface area contributed by atoms with Gasteiger partial charge in [0.1, 0.15) is 24.3 Å². The fourth-order valence-corrected chi connectivity index (χ4v) is 2.06. The molecule has 0 aliphatic heterocycles. The lowest BCUT2D eigenvalue weighted by Gasteiger charge is -2.08. The zero-order valence-corrected chi connectivity index (χ0v) is 13.3. The normalized spacial score (nSPS) is 10.4. The van der Waals surface area contributed by atoms with Gasteiger partial charge in [-0.3, -0.25) is 10.1 Å². The summed E-state index contributed by atoms with van der Waals surface area (Å²) in [5.74, 6) is -0.642. The Morgan fingerprint density at radius 2 is 1.69 bits per heavy atom. The Morgan fingerprint density at radius 1 is 0.962 bits per heavy atom. The molecule has 3 aromatic rings. The first-order valence-electron chi connectivity index (χ1n) is 7.46. The third-order valence-electron chi connectivity index (χ3n) is 3.37. The van der Waals surface area contributed by atoms with Crippen LogP contribution in [0.15, 0.2) is 60.8 Å². The van der Waals surface area contributed by atoms with Gasteiger partial charge in [-0.15, -0.1) is 0 Å². The number of nitro groups is 1. The number of aromatic nitrogens is 1. The van der Waals surface area contributed by atoms with E-state index in [1.54, 1.807) is 24.3 Å². The largest absolute Gasteiger partial charge is 0.489 e. The second-order valence-electron chi connectivity index (χ2n) is 5.22. The Morgan fingerprint density at radius 3 is 2.31 bits per heavy atom. The van der Waals surface area contributed by atoms with Crippen LogP contribution in [-0.2, 0) is 6.61 Å². The molecule has 6 nitrogen and oxygen atoms in total. The van der Waals surface area contributed by atoms with Crippen LogP contribution in [0.4, 0.5) is 14.5 Å². The molecule has 0 saturated carbocycles. The molecule has 0 fully saturated rings. The topological polar surface area (TPSA) is 74.5 Å². The maximum absolute atomic E-state index is 13.1. The van der Waals surface area contributed by atoms with Crippen molar-refractivity contribution >= 4 is 5.69 Å². The molecule has 26 heavy (non-hydrogen) atoms. The van der Waals surface area contributed by atoms with Crippen LogP contribution in [0.5, 0.6) is 17.4 Å². The predicted octanol–water partition coefficient (Wildman–Crippen LogP) is 4.64. The zero-order chi connectivity index (χ0) is 18.5. The summed E-state index contributed by atoms with van der Waals surface area (Å²) in [5, 5.41) is 10.6. The van der Waals surface area contributed by atoms with Crippen LogP contribution < -0.4 is 9.47 Å². The lowest BCUT2D eigenvalue weighted by Crippen LogP contribution is -1.97. The number of pyridine rings is 1. The highest BCUT2D eigenvalue weighted by Crippen LogP contribution is 2.24. The number of hydrogen-bond donors (Lipinski definition) is 0. The lowest BCUT2D eigenvalue weighted by atomic mass is 10.2. The fourth-order valence-electron chi connectivity index (χ4n) is 2.06. The first-order valence-corrected chi connectivity index (χ1v) is 7.46. The SMILES string of the molecule is O=[N+]([O-])c1ccc(Oc2ccc(OCc3ccc(F)c(F)c3)cc2)nc1. The number of hydrogen-bond acceptors (Lipinski definition) is 5. The molecule has 0 bridgehead atoms. The van der Waals surface area contributed by atoms with Gasteiger partial charge in [-0.1, -0.05) is 6.07 Å². The summed E-state index contributed by atoms with van der Waals surface area (Å²) >= 11 is 0. The summed E-state index contributed by atoms with van der Waals surface area (Å²) in [5.41, 5.74) is 0.373. The molecular weight excluding hydrogens is 346 g/mol. The first kappa shape index (κ1) is 17.3. The predicted molar refractivity (Wildman–Crippen MR) is 88.1 cm³/mol. The van der Waals surface area contributed by atoms with E-state index in [4.69, 9.17) is 9.47 Å². The smallest absolute Gasteiger partial charge is 0.287 e. The van der Waals surface area contributed by atoms with Gasteiger partial charge < -0.3 is 9.47 Å². The van der Waals surface area contributed by atoms with Gasteiger partial charge >= 0.3 is 0 Å². The Hall–Kier alpha value is -3.55. The zero-order valence-electron chi connectivity index (χ0n) is 13.3. The summed E-state index contributed by atoms with van der Waals surface area (Å²) in [6, 6.07) is 12.8. The van der Waals surface area contributed by atoms with E-state index in [9.17, 15) is 18.9 Å². The van der Waals surface area contributed by atoms with Crippen molar-refractivity contribution in [3.05, 3.63) is 88.1 Å². The van der Waals surface area contributed by atoms with E-state index in [1.807, 2.05) is 0 Å². The average molecular weight is 358 g/mol. The van der Waals surface area contributed by atoms with Gasteiger partial charge in [0, 0.05) is 12.1 Å². The van der Waals surface area contributed by atoms with Crippen molar-refractivity contribution in [3.8, 4) is 17.4 Å². The average Bonchev–Trinajstić information content (AvgIpc) is 2.64. The van der Waals surface area contributed by atoms with Crippen LogP contribution in [0.2, 0.25) is 0 Å². The summed E-state index contributed by atoms with van der Waals surface area (Å²) < 4.78 is 37.0. The Balaban J connectivity index is 1.59. The minimum absolute atomic E-state index is 0.0846. The van der Waals surface area contributed by atoms with Crippen LogP contribution in [0.3, 0.4) is 0 Å². The van der Waals surface area contributed by atoms with Crippen molar-refractivity contribution in [2.45, 2.75) is 6.61 Å². The van der Waals surface area contributed by atoms with Gasteiger partial charge in [-0.25, -0.2) is 13.8 Å². The number of rotatable bonds is 6. The highest BCUT2D eigenvalue weighted by Gasteiger charge is 2.07. The highest BCUT2D eigenvalue weighted by atomic mass is 19.2. The molecule has 0 aliphatic rings. The molecule has 0 N–H and O–H groups in total. The summed E-state index contributed by atoms with van der Waals surface area (Å²) in [7, 11) is 0. The molecule has 0 amide bonds. The van der Waals surface area contributed by atoms with E-state index < -0.39 is 16.6 Å². The van der Waals surface area contributed by atoms with Crippen LogP contribution in [0, 0.1) is 21.7 Å². The molecule has 3 rings (SSSR count). The van der Waals surface area contributed by atoms with E-state index in [0.717, 1.165) is 18.3 Å². The van der Waals surface area contributed by atoms with Crippen molar-refractivity contribution in [2.75, 3.05) is 0 Å². The molecule has 0 aliphatic carbocycles. The molecule has 1 heterocycles. The molecule has 0 radical (unpaired) electrons. The van der Waals surface area contributed by atoms with E-state index >= 15 is 0 Å². The minimum Gasteiger partial charge on any atom is -0.489 e. The van der Waals surface area contributed by atoms with Gasteiger partial charge in [0.25, 0.3) is 5.69 Å². The number of ether oxygens (including phenoxy) is 2. The minimum atomic E-state index is -0.926. The molecule has 0 atom stereocenters. The molecule has 0 saturated heterocycles. The van der Waals surface area contributed by atoms with Gasteiger partial charge in [0.15, 0.2) is 11.6 Å². The second-order valence-corrected chi connectivity index (χ2v) is 5.22. The van der Waals surface area contributed by atoms with Gasteiger partial charge in [-0.05, 0) is 42.0 Å². The van der Waals surface area contributed by atoms with E-state index in [0.29, 0.717) is 17.1 Å². The molecule has 1 aromatic heterocycles. The van der Waals surface area contributed by atoms with Gasteiger partial charge in [0.2, 0.25) is 5.88 Å². The first-order chi connectivity index (χ1) is 12.5. The van der Waals surface area contributed by atoms with Gasteiger partial charge in [0.05, 0.1) is 4.92 Å². The number of halogens is 2. The number of benzene rings is 2. The van der Waals surface area contributed by atoms with Crippen molar-refractivity contribution in [3.63, 3.8) is 0 Å². The standard InChI is InChI=1S/C18H12F2N2O4/c19-16-7-1-12(9-17(16)20)11-25-14-3-5-15(6-4-14)26-18-8-2-13(10-21-18)22(23)24/h1-10H,11H2. The monoisotopic (exact) mass is 358 g/mol. The van der Waals surface area contributed by atoms with E-state index in [-0.39, 0.29) is 18.2 Å². The Labute approximate surface area is 146 Å². The van der Waals surface area contributed by atoms with E-state index in [2.05, 4.69) is 4.98 Å². The lowest BCUT2D eigenvalue weighted by molar-refractivity contribution is -0.385. The molecule has 0 spiro atoms. The van der Waals surface area contributed by atoms with Gasteiger partial charge in [-0.2, -0.15) is 0 Å². The van der Waals surface area contributed by atoms with Crippen molar-refractivity contribution in [1.29, 1.82) is 0 Å². The summed E-state index contributed by atoms with van der Waals surface area (Å²) in [6.07, 6.45) is 1.11. The molecule has 0 unspecified atom stereocenters. The third kappa shape index (κ3) is 4.29. The summed E-state index contributed by atoms with van der Waals surface area (Å²) in [4.78, 5) is 13.9. The van der Waals surface area contributed by atoms with Crippen LogP contribution in [0.25, 0.3) is 0 Å². The maximum Gasteiger partial charge on any atom is 0.287 e. The quantitative estimate of drug-likeness (QED) is 0.474. The fraction of sp³-hybridized carbons (Fsp3) is 0.0556.